The van der Waals surface area contributed by atoms with Gasteiger partial charge in [0.25, 0.3) is 0 Å². The van der Waals surface area contributed by atoms with Crippen LogP contribution in [0.3, 0.4) is 0 Å². The Morgan fingerprint density at radius 3 is 1.88 bits per heavy atom. The van der Waals surface area contributed by atoms with Crippen molar-refractivity contribution in [3.05, 3.63) is 0 Å². The van der Waals surface area contributed by atoms with Gasteiger partial charge in [0.05, 0.1) is 6.54 Å². The average Bonchev–Trinajstić information content (AvgIpc) is 1.35. The van der Waals surface area contributed by atoms with Crippen LogP contribution in [0, 0.1) is 0 Å². The molecule has 0 unspecified atom stereocenters. The zero-order valence-electron chi connectivity index (χ0n) is 5.05. The molecular weight excluding hydrogens is 130 g/mol. The number of hydrogen-bond donors (Lipinski definition) is 0. The molecule has 52 valence electrons. The van der Waals surface area contributed by atoms with Crippen molar-refractivity contribution < 1.29 is 10.3 Å². The molecule has 0 fully saturated rings. The molecule has 3 nitrogen and oxygen atoms in total. The molecule has 0 atom stereocenters. The molecule has 0 radical (unpaired) electrons. The molecule has 0 amide bonds. The van der Waals surface area contributed by atoms with Crippen LogP contribution in [0.15, 0.2) is 0 Å². The Kier molecular flexibility index (Phi) is 19.6. The third kappa shape index (κ3) is 16.9. The summed E-state index contributed by atoms with van der Waals surface area (Å²) in [5, 5.41) is 0. The van der Waals surface area contributed by atoms with E-state index < -0.39 is 0 Å². The van der Waals surface area contributed by atoms with Crippen LogP contribution in [0.1, 0.15) is 0 Å². The normalized spacial score (nSPS) is 6.88. The molecule has 0 aromatic rings. The molecule has 0 aromatic heterocycles. The van der Waals surface area contributed by atoms with Crippen molar-refractivity contribution in [3.63, 3.8) is 0 Å². The average molecular weight is 142 g/mol. The van der Waals surface area contributed by atoms with Gasteiger partial charge in [-0.25, -0.2) is 0 Å². The van der Waals surface area contributed by atoms with Crippen LogP contribution in [0.5, 0.6) is 0 Å². The van der Waals surface area contributed by atoms with Gasteiger partial charge in [-0.15, -0.1) is 12.4 Å². The molecule has 4 heteroatoms. The Bertz CT molecular complexity index is 49.3. The molecular formula is C4H12ClNO2. The second-order valence-electron chi connectivity index (χ2n) is 1.43. The Morgan fingerprint density at radius 2 is 1.88 bits per heavy atom. The van der Waals surface area contributed by atoms with Crippen LogP contribution in [-0.2, 0) is 4.79 Å². The van der Waals surface area contributed by atoms with E-state index in [1.807, 2.05) is 19.0 Å². The highest BCUT2D eigenvalue weighted by atomic mass is 35.5. The summed E-state index contributed by atoms with van der Waals surface area (Å²) >= 11 is 0. The summed E-state index contributed by atoms with van der Waals surface area (Å²) in [6.07, 6.45) is 0.875. The number of rotatable bonds is 2. The first-order valence-electron chi connectivity index (χ1n) is 1.85. The summed E-state index contributed by atoms with van der Waals surface area (Å²) in [5.74, 6) is 0. The first kappa shape index (κ1) is 15.7. The molecule has 0 heterocycles. The molecule has 0 rings (SSSR count). The standard InChI is InChI=1S/C4H9NO.ClH.H2O/c1-5(2)3-4-6;;/h4H,3H2,1-2H3;1H;1H2. The molecule has 0 spiro atoms. The number of carbonyl (C=O) groups is 1. The monoisotopic (exact) mass is 141 g/mol. The van der Waals surface area contributed by atoms with E-state index in [9.17, 15) is 4.79 Å². The van der Waals surface area contributed by atoms with Gasteiger partial charge in [0.1, 0.15) is 6.29 Å². The second-order valence-corrected chi connectivity index (χ2v) is 1.43. The lowest BCUT2D eigenvalue weighted by atomic mass is 10.7. The van der Waals surface area contributed by atoms with Gasteiger partial charge in [0.15, 0.2) is 0 Å². The third-order valence-electron chi connectivity index (χ3n) is 0.440. The lowest BCUT2D eigenvalue weighted by Gasteiger charge is -1.99. The Balaban J connectivity index is -0.000000125. The van der Waals surface area contributed by atoms with E-state index in [1.54, 1.807) is 0 Å². The Hall–Kier alpha value is -0.120. The molecule has 8 heavy (non-hydrogen) atoms. The molecule has 0 saturated heterocycles. The Labute approximate surface area is 55.4 Å². The summed E-state index contributed by atoms with van der Waals surface area (Å²) in [5.41, 5.74) is 0. The number of likely N-dealkylation sites (N-methyl/N-ethyl adjacent to an activating group) is 1. The Morgan fingerprint density at radius 1 is 1.50 bits per heavy atom. The highest BCUT2D eigenvalue weighted by Gasteiger charge is 1.79. The van der Waals surface area contributed by atoms with Gasteiger partial charge >= 0.3 is 0 Å². The first-order chi connectivity index (χ1) is 2.77. The smallest absolute Gasteiger partial charge is 0.133 e. The fourth-order valence-electron chi connectivity index (χ4n) is 0.149. The molecule has 0 aliphatic heterocycles. The van der Waals surface area contributed by atoms with Crippen LogP contribution in [-0.4, -0.2) is 37.3 Å². The number of nitrogens with zero attached hydrogens (tertiary/aromatic N) is 1. The van der Waals surface area contributed by atoms with Gasteiger partial charge in [-0.3, -0.25) is 0 Å². The minimum atomic E-state index is 0. The summed E-state index contributed by atoms with van der Waals surface area (Å²) < 4.78 is 0. The number of halogens is 1. The predicted octanol–water partition coefficient (Wildman–Crippen LogP) is -0.656. The van der Waals surface area contributed by atoms with Gasteiger partial charge in [0.2, 0.25) is 0 Å². The largest absolute Gasteiger partial charge is 0.412 e. The molecule has 0 aromatic carbocycles. The summed E-state index contributed by atoms with van der Waals surface area (Å²) in [4.78, 5) is 11.4. The van der Waals surface area contributed by atoms with E-state index in [4.69, 9.17) is 0 Å². The first-order valence-corrected chi connectivity index (χ1v) is 1.85. The third-order valence-corrected chi connectivity index (χ3v) is 0.440. The van der Waals surface area contributed by atoms with Crippen molar-refractivity contribution in [2.75, 3.05) is 20.6 Å². The van der Waals surface area contributed by atoms with Gasteiger partial charge in [-0.2, -0.15) is 0 Å². The van der Waals surface area contributed by atoms with E-state index in [0.717, 1.165) is 6.29 Å². The molecule has 0 saturated carbocycles. The summed E-state index contributed by atoms with van der Waals surface area (Å²) in [7, 11) is 3.71. The number of hydrogen-bond acceptors (Lipinski definition) is 2. The highest BCUT2D eigenvalue weighted by Crippen LogP contribution is 1.62. The van der Waals surface area contributed by atoms with Crippen LogP contribution < -0.4 is 0 Å². The lowest BCUT2D eigenvalue weighted by Crippen LogP contribution is -2.13. The van der Waals surface area contributed by atoms with E-state index in [0.29, 0.717) is 6.54 Å². The van der Waals surface area contributed by atoms with Crippen molar-refractivity contribution >= 4 is 18.7 Å². The topological polar surface area (TPSA) is 51.8 Å². The summed E-state index contributed by atoms with van der Waals surface area (Å²) in [6, 6.07) is 0. The zero-order valence-corrected chi connectivity index (χ0v) is 5.86. The van der Waals surface area contributed by atoms with Gasteiger partial charge in [-0.05, 0) is 14.1 Å². The number of aldehydes is 1. The van der Waals surface area contributed by atoms with Crippen LogP contribution in [0.25, 0.3) is 0 Å². The van der Waals surface area contributed by atoms with Gasteiger partial charge < -0.3 is 15.2 Å². The van der Waals surface area contributed by atoms with Crippen molar-refractivity contribution in [2.45, 2.75) is 0 Å². The van der Waals surface area contributed by atoms with Crippen molar-refractivity contribution in [1.29, 1.82) is 0 Å². The maximum atomic E-state index is 9.57. The van der Waals surface area contributed by atoms with Crippen molar-refractivity contribution in [1.82, 2.24) is 4.90 Å². The fraction of sp³-hybridized carbons (Fsp3) is 0.750. The minimum absolute atomic E-state index is 0. The van der Waals surface area contributed by atoms with Gasteiger partial charge in [-0.1, -0.05) is 0 Å². The summed E-state index contributed by atoms with van der Waals surface area (Å²) in [6.45, 7) is 0.528. The van der Waals surface area contributed by atoms with E-state index in [-0.39, 0.29) is 17.9 Å². The molecule has 0 bridgehead atoms. The van der Waals surface area contributed by atoms with E-state index in [1.165, 1.54) is 0 Å². The number of carbonyl (C=O) groups excluding carboxylic acids is 1. The quantitative estimate of drug-likeness (QED) is 0.480. The maximum absolute atomic E-state index is 9.57. The fourth-order valence-corrected chi connectivity index (χ4v) is 0.149. The minimum Gasteiger partial charge on any atom is -0.412 e. The van der Waals surface area contributed by atoms with Crippen molar-refractivity contribution in [2.24, 2.45) is 0 Å². The molecule has 2 N–H and O–H groups in total. The SMILES string of the molecule is CN(C)CC=O.Cl.O. The van der Waals surface area contributed by atoms with Gasteiger partial charge in [0, 0.05) is 0 Å². The van der Waals surface area contributed by atoms with Crippen LogP contribution >= 0.6 is 12.4 Å². The van der Waals surface area contributed by atoms with Crippen LogP contribution in [0.2, 0.25) is 0 Å². The molecule has 0 aliphatic carbocycles. The van der Waals surface area contributed by atoms with E-state index in [2.05, 4.69) is 0 Å². The van der Waals surface area contributed by atoms with E-state index >= 15 is 0 Å². The molecule has 0 aliphatic rings. The predicted molar refractivity (Wildman–Crippen MR) is 35.5 cm³/mol. The zero-order chi connectivity index (χ0) is 4.99. The maximum Gasteiger partial charge on any atom is 0.133 e. The lowest BCUT2D eigenvalue weighted by molar-refractivity contribution is -0.108. The second kappa shape index (κ2) is 9.99. The van der Waals surface area contributed by atoms with Crippen molar-refractivity contribution in [3.8, 4) is 0 Å². The highest BCUT2D eigenvalue weighted by molar-refractivity contribution is 5.85. The van der Waals surface area contributed by atoms with Crippen LogP contribution in [0.4, 0.5) is 0 Å².